The van der Waals surface area contributed by atoms with E-state index in [0.717, 1.165) is 43.4 Å². The average Bonchev–Trinajstić information content (AvgIpc) is 3.45. The van der Waals surface area contributed by atoms with Crippen LogP contribution in [0.2, 0.25) is 0 Å². The Labute approximate surface area is 169 Å². The SMILES string of the molecule is CN(CC1CC1)C1C2CCC1CN(CCCS(=O)(=O)c1ccc(C#N)cc1)C2. The van der Waals surface area contributed by atoms with E-state index >= 15 is 0 Å². The second kappa shape index (κ2) is 8.14. The van der Waals surface area contributed by atoms with Gasteiger partial charge in [0, 0.05) is 25.7 Å². The second-order valence-corrected chi connectivity index (χ2v) is 11.1. The van der Waals surface area contributed by atoms with Crippen molar-refractivity contribution in [1.29, 1.82) is 5.26 Å². The number of nitrogens with zero attached hydrogens (tertiary/aromatic N) is 3. The summed E-state index contributed by atoms with van der Waals surface area (Å²) >= 11 is 0. The maximum absolute atomic E-state index is 12.6. The molecule has 0 spiro atoms. The molecule has 0 amide bonds. The normalized spacial score (nSPS) is 27.8. The molecule has 1 heterocycles. The Balaban J connectivity index is 1.27. The van der Waals surface area contributed by atoms with E-state index in [0.29, 0.717) is 16.9 Å². The van der Waals surface area contributed by atoms with Gasteiger partial charge in [-0.25, -0.2) is 8.42 Å². The van der Waals surface area contributed by atoms with Crippen molar-refractivity contribution in [3.8, 4) is 6.07 Å². The Morgan fingerprint density at radius 2 is 1.75 bits per heavy atom. The predicted octanol–water partition coefficient (Wildman–Crippen LogP) is 2.77. The molecule has 6 heteroatoms. The van der Waals surface area contributed by atoms with Gasteiger partial charge >= 0.3 is 0 Å². The van der Waals surface area contributed by atoms with E-state index in [1.165, 1.54) is 32.2 Å². The third-order valence-corrected chi connectivity index (χ3v) is 8.66. The van der Waals surface area contributed by atoms with E-state index in [9.17, 15) is 8.42 Å². The zero-order valence-electron chi connectivity index (χ0n) is 16.8. The molecule has 2 aliphatic carbocycles. The molecule has 3 fully saturated rings. The largest absolute Gasteiger partial charge is 0.303 e. The van der Waals surface area contributed by atoms with Crippen molar-refractivity contribution in [3.63, 3.8) is 0 Å². The van der Waals surface area contributed by atoms with Crippen LogP contribution >= 0.6 is 0 Å². The Morgan fingerprint density at radius 1 is 1.11 bits per heavy atom. The molecule has 152 valence electrons. The molecule has 5 nitrogen and oxygen atoms in total. The van der Waals surface area contributed by atoms with E-state index < -0.39 is 9.84 Å². The first-order valence-corrected chi connectivity index (χ1v) is 12.3. The fourth-order valence-corrected chi connectivity index (χ4v) is 6.65. The highest BCUT2D eigenvalue weighted by atomic mass is 32.2. The van der Waals surface area contributed by atoms with Crippen LogP contribution in [0.15, 0.2) is 29.2 Å². The van der Waals surface area contributed by atoms with Gasteiger partial charge in [0.2, 0.25) is 0 Å². The lowest BCUT2D eigenvalue weighted by molar-refractivity contribution is 0.0598. The minimum absolute atomic E-state index is 0.176. The molecule has 2 saturated carbocycles. The summed E-state index contributed by atoms with van der Waals surface area (Å²) in [4.78, 5) is 5.46. The van der Waals surface area contributed by atoms with Gasteiger partial charge in [0.25, 0.3) is 0 Å². The molecule has 0 radical (unpaired) electrons. The number of piperidine rings is 1. The summed E-state index contributed by atoms with van der Waals surface area (Å²) < 4.78 is 25.1. The van der Waals surface area contributed by atoms with E-state index in [2.05, 4.69) is 16.8 Å². The lowest BCUT2D eigenvalue weighted by Gasteiger charge is -2.42. The minimum Gasteiger partial charge on any atom is -0.303 e. The maximum Gasteiger partial charge on any atom is 0.178 e. The fourth-order valence-electron chi connectivity index (χ4n) is 5.36. The molecule has 1 aromatic rings. The zero-order valence-corrected chi connectivity index (χ0v) is 17.6. The number of likely N-dealkylation sites (tertiary alicyclic amines) is 1. The van der Waals surface area contributed by atoms with Crippen molar-refractivity contribution in [2.24, 2.45) is 17.8 Å². The molecule has 1 saturated heterocycles. The quantitative estimate of drug-likeness (QED) is 0.670. The van der Waals surface area contributed by atoms with Crippen LogP contribution in [0.1, 0.15) is 37.7 Å². The van der Waals surface area contributed by atoms with Crippen LogP contribution in [-0.2, 0) is 9.84 Å². The fraction of sp³-hybridized carbons (Fsp3) is 0.682. The summed E-state index contributed by atoms with van der Waals surface area (Å²) in [6.07, 6.45) is 6.14. The van der Waals surface area contributed by atoms with Crippen LogP contribution in [0, 0.1) is 29.1 Å². The highest BCUT2D eigenvalue weighted by molar-refractivity contribution is 7.91. The number of sulfone groups is 1. The Bertz CT molecular complexity index is 812. The molecule has 2 atom stereocenters. The number of fused-ring (bicyclic) bond motifs is 2. The van der Waals surface area contributed by atoms with Gasteiger partial charge in [0.1, 0.15) is 0 Å². The van der Waals surface area contributed by atoms with Gasteiger partial charge in [-0.1, -0.05) is 0 Å². The summed E-state index contributed by atoms with van der Waals surface area (Å²) in [6.45, 7) is 4.36. The lowest BCUT2D eigenvalue weighted by Crippen LogP contribution is -2.52. The zero-order chi connectivity index (χ0) is 19.7. The average molecular weight is 402 g/mol. The van der Waals surface area contributed by atoms with E-state index in [1.54, 1.807) is 24.3 Å². The monoisotopic (exact) mass is 401 g/mol. The standard InChI is InChI=1S/C22H31N3O2S/c1-24(14-18-3-4-18)22-19-7-8-20(22)16-25(15-19)11-2-12-28(26,27)21-9-5-17(13-23)6-10-21/h5-6,9-10,18-20,22H,2-4,7-8,11-12,14-16H2,1H3. The second-order valence-electron chi connectivity index (χ2n) is 9.04. The highest BCUT2D eigenvalue weighted by Gasteiger charge is 2.44. The smallest absolute Gasteiger partial charge is 0.178 e. The molecule has 0 aromatic heterocycles. The van der Waals surface area contributed by atoms with E-state index in [4.69, 9.17) is 5.26 Å². The van der Waals surface area contributed by atoms with Crippen molar-refractivity contribution in [3.05, 3.63) is 29.8 Å². The first kappa shape index (κ1) is 19.9. The summed E-state index contributed by atoms with van der Waals surface area (Å²) in [5, 5.41) is 8.86. The van der Waals surface area contributed by atoms with Gasteiger partial charge in [0.05, 0.1) is 22.3 Å². The Hall–Kier alpha value is -1.42. The molecule has 28 heavy (non-hydrogen) atoms. The van der Waals surface area contributed by atoms with Gasteiger partial charge in [-0.05, 0) is 87.7 Å². The summed E-state index contributed by atoms with van der Waals surface area (Å²) in [5.74, 6) is 2.61. The maximum atomic E-state index is 12.6. The summed E-state index contributed by atoms with van der Waals surface area (Å²) in [6, 6.07) is 9.02. The van der Waals surface area contributed by atoms with Gasteiger partial charge in [-0.2, -0.15) is 5.26 Å². The molecule has 2 bridgehead atoms. The molecular formula is C22H31N3O2S. The number of hydrogen-bond acceptors (Lipinski definition) is 5. The van der Waals surface area contributed by atoms with Gasteiger partial charge < -0.3 is 9.80 Å². The van der Waals surface area contributed by atoms with E-state index in [-0.39, 0.29) is 5.75 Å². The predicted molar refractivity (Wildman–Crippen MR) is 110 cm³/mol. The Kier molecular flexibility index (Phi) is 5.78. The Morgan fingerprint density at radius 3 is 2.32 bits per heavy atom. The molecule has 1 aliphatic heterocycles. The molecule has 1 aromatic carbocycles. The number of benzene rings is 1. The van der Waals surface area contributed by atoms with Crippen molar-refractivity contribution >= 4 is 9.84 Å². The van der Waals surface area contributed by atoms with Crippen LogP contribution in [0.3, 0.4) is 0 Å². The van der Waals surface area contributed by atoms with Crippen LogP contribution in [0.5, 0.6) is 0 Å². The van der Waals surface area contributed by atoms with Crippen LogP contribution in [0.25, 0.3) is 0 Å². The van der Waals surface area contributed by atoms with Crippen LogP contribution in [0.4, 0.5) is 0 Å². The number of rotatable bonds is 8. The summed E-state index contributed by atoms with van der Waals surface area (Å²) in [7, 11) is -0.959. The van der Waals surface area contributed by atoms with Gasteiger partial charge in [-0.3, -0.25) is 0 Å². The third kappa shape index (κ3) is 4.42. The van der Waals surface area contributed by atoms with Crippen molar-refractivity contribution in [2.45, 2.75) is 43.0 Å². The number of hydrogen-bond donors (Lipinski definition) is 0. The lowest BCUT2D eigenvalue weighted by atomic mass is 9.90. The first-order chi connectivity index (χ1) is 13.5. The van der Waals surface area contributed by atoms with Crippen LogP contribution in [-0.4, -0.2) is 63.2 Å². The molecule has 4 rings (SSSR count). The van der Waals surface area contributed by atoms with Crippen molar-refractivity contribution in [1.82, 2.24) is 9.80 Å². The molecule has 3 aliphatic rings. The minimum atomic E-state index is -3.27. The van der Waals surface area contributed by atoms with Gasteiger partial charge in [0.15, 0.2) is 9.84 Å². The van der Waals surface area contributed by atoms with Crippen molar-refractivity contribution in [2.75, 3.05) is 39.0 Å². The van der Waals surface area contributed by atoms with Crippen molar-refractivity contribution < 1.29 is 8.42 Å². The molecule has 0 N–H and O–H groups in total. The third-order valence-electron chi connectivity index (χ3n) is 6.84. The number of nitriles is 1. The van der Waals surface area contributed by atoms with Gasteiger partial charge in [-0.15, -0.1) is 0 Å². The molecule has 2 unspecified atom stereocenters. The van der Waals surface area contributed by atoms with Crippen LogP contribution < -0.4 is 0 Å². The topological polar surface area (TPSA) is 64.4 Å². The first-order valence-electron chi connectivity index (χ1n) is 10.6. The molecular weight excluding hydrogens is 370 g/mol. The van der Waals surface area contributed by atoms with E-state index in [1.807, 2.05) is 6.07 Å². The highest BCUT2D eigenvalue weighted by Crippen LogP contribution is 2.41. The summed E-state index contributed by atoms with van der Waals surface area (Å²) in [5.41, 5.74) is 0.490.